The molecule has 0 atom stereocenters. The summed E-state index contributed by atoms with van der Waals surface area (Å²) in [5, 5.41) is 1.19. The van der Waals surface area contributed by atoms with Gasteiger partial charge in [0.2, 0.25) is 0 Å². The molecule has 1 fully saturated rings. The fourth-order valence-corrected chi connectivity index (χ4v) is 4.17. The van der Waals surface area contributed by atoms with E-state index in [0.717, 1.165) is 29.6 Å². The number of hydrogen-bond acceptors (Lipinski definition) is 4. The molecule has 0 saturated carbocycles. The van der Waals surface area contributed by atoms with Crippen LogP contribution in [0.4, 0.5) is 5.82 Å². The minimum Gasteiger partial charge on any atom is -0.345 e. The molecule has 0 spiro atoms. The Morgan fingerprint density at radius 2 is 1.83 bits per heavy atom. The van der Waals surface area contributed by atoms with Crippen LogP contribution in [0.2, 0.25) is 0 Å². The summed E-state index contributed by atoms with van der Waals surface area (Å²) < 4.78 is 0. The summed E-state index contributed by atoms with van der Waals surface area (Å²) in [6, 6.07) is 12.8. The molecule has 4 rings (SSSR count). The van der Waals surface area contributed by atoms with E-state index < -0.39 is 0 Å². The van der Waals surface area contributed by atoms with Crippen molar-refractivity contribution < 1.29 is 4.90 Å². The van der Waals surface area contributed by atoms with E-state index in [0.29, 0.717) is 0 Å². The highest BCUT2D eigenvalue weighted by Crippen LogP contribution is 2.36. The summed E-state index contributed by atoms with van der Waals surface area (Å²) in [6.07, 6.45) is 0. The fourth-order valence-electron chi connectivity index (χ4n) is 3.10. The van der Waals surface area contributed by atoms with Crippen LogP contribution in [0, 0.1) is 6.92 Å². The first kappa shape index (κ1) is 14.6. The lowest BCUT2D eigenvalue weighted by molar-refractivity contribution is -0.880. The van der Waals surface area contributed by atoms with Gasteiger partial charge in [0.1, 0.15) is 16.5 Å². The number of benzene rings is 1. The van der Waals surface area contributed by atoms with Crippen molar-refractivity contribution in [2.45, 2.75) is 6.92 Å². The highest BCUT2D eigenvalue weighted by atomic mass is 32.1. The van der Waals surface area contributed by atoms with Crippen LogP contribution in [-0.4, -0.2) is 43.2 Å². The van der Waals surface area contributed by atoms with Gasteiger partial charge in [0.15, 0.2) is 0 Å². The Morgan fingerprint density at radius 3 is 2.57 bits per heavy atom. The predicted octanol–water partition coefficient (Wildman–Crippen LogP) is 2.00. The number of thiophene rings is 1. The number of hydrogen-bond donors (Lipinski definition) is 1. The van der Waals surface area contributed by atoms with Gasteiger partial charge in [0.05, 0.1) is 38.6 Å². The third kappa shape index (κ3) is 2.82. The zero-order chi connectivity index (χ0) is 15.8. The second-order valence-electron chi connectivity index (χ2n) is 6.23. The van der Waals surface area contributed by atoms with Gasteiger partial charge in [0, 0.05) is 4.88 Å². The van der Waals surface area contributed by atoms with Crippen molar-refractivity contribution in [3.8, 4) is 10.4 Å². The molecule has 2 aromatic heterocycles. The first-order valence-corrected chi connectivity index (χ1v) is 8.92. The Hall–Kier alpha value is -1.98. The lowest BCUT2D eigenvalue weighted by Gasteiger charge is -2.31. The normalized spacial score (nSPS) is 16.2. The summed E-state index contributed by atoms with van der Waals surface area (Å²) >= 11 is 1.76. The Kier molecular flexibility index (Phi) is 3.75. The van der Waals surface area contributed by atoms with Gasteiger partial charge in [-0.15, -0.1) is 11.3 Å². The van der Waals surface area contributed by atoms with Crippen molar-refractivity contribution in [3.05, 3.63) is 42.2 Å². The molecule has 5 heteroatoms. The number of aryl methyl sites for hydroxylation is 1. The first-order valence-electron chi connectivity index (χ1n) is 8.10. The summed E-state index contributed by atoms with van der Waals surface area (Å²) in [5.41, 5.74) is 1.25. The zero-order valence-electron chi connectivity index (χ0n) is 13.5. The highest BCUT2D eigenvalue weighted by Gasteiger charge is 2.21. The molecule has 3 heterocycles. The highest BCUT2D eigenvalue weighted by molar-refractivity contribution is 7.21. The van der Waals surface area contributed by atoms with Crippen LogP contribution in [0.3, 0.4) is 0 Å². The van der Waals surface area contributed by atoms with Gasteiger partial charge >= 0.3 is 0 Å². The van der Waals surface area contributed by atoms with Gasteiger partial charge in [-0.25, -0.2) is 9.97 Å². The van der Waals surface area contributed by atoms with E-state index in [1.54, 1.807) is 16.2 Å². The molecule has 1 aliphatic rings. The van der Waals surface area contributed by atoms with Crippen molar-refractivity contribution in [2.75, 3.05) is 38.1 Å². The van der Waals surface area contributed by atoms with Crippen molar-refractivity contribution in [1.29, 1.82) is 0 Å². The molecular formula is C18H21N4S+. The number of anilines is 1. The van der Waals surface area contributed by atoms with Crippen LogP contribution in [0.1, 0.15) is 5.82 Å². The van der Waals surface area contributed by atoms with Crippen molar-refractivity contribution in [3.63, 3.8) is 0 Å². The summed E-state index contributed by atoms with van der Waals surface area (Å²) in [6.45, 7) is 6.45. The predicted molar refractivity (Wildman–Crippen MR) is 96.4 cm³/mol. The Balaban J connectivity index is 1.80. The molecule has 4 nitrogen and oxygen atoms in total. The smallest absolute Gasteiger partial charge is 0.141 e. The largest absolute Gasteiger partial charge is 0.345 e. The maximum absolute atomic E-state index is 4.77. The number of nitrogens with one attached hydrogen (secondary N) is 1. The monoisotopic (exact) mass is 325 g/mol. The van der Waals surface area contributed by atoms with Crippen LogP contribution in [0.5, 0.6) is 0 Å². The summed E-state index contributed by atoms with van der Waals surface area (Å²) in [7, 11) is 2.26. The SMILES string of the molecule is Cc1nc(N2CC[NH+](C)CC2)c2cc(-c3ccccc3)sc2n1. The van der Waals surface area contributed by atoms with Crippen LogP contribution < -0.4 is 9.80 Å². The third-order valence-corrected chi connectivity index (χ3v) is 5.54. The number of quaternary nitrogens is 1. The molecular weight excluding hydrogens is 304 g/mol. The van der Waals surface area contributed by atoms with Crippen molar-refractivity contribution in [2.24, 2.45) is 0 Å². The standard InChI is InChI=1S/C18H20N4S/c1-13-19-17(22-10-8-21(2)9-11-22)15-12-16(23-18(15)20-13)14-6-4-3-5-7-14/h3-7,12H,8-11H2,1-2H3/p+1. The summed E-state index contributed by atoms with van der Waals surface area (Å²) in [5.74, 6) is 1.97. The molecule has 0 bridgehead atoms. The maximum Gasteiger partial charge on any atom is 0.141 e. The molecule has 0 aliphatic carbocycles. The van der Waals surface area contributed by atoms with Crippen LogP contribution >= 0.6 is 11.3 Å². The number of nitrogens with zero attached hydrogens (tertiary/aromatic N) is 3. The van der Waals surface area contributed by atoms with Gasteiger partial charge in [0.25, 0.3) is 0 Å². The number of fused-ring (bicyclic) bond motifs is 1. The molecule has 0 amide bonds. The van der Waals surface area contributed by atoms with E-state index in [1.807, 2.05) is 6.92 Å². The molecule has 0 radical (unpaired) electrons. The number of aromatic nitrogens is 2. The van der Waals surface area contributed by atoms with E-state index in [4.69, 9.17) is 4.98 Å². The second-order valence-corrected chi connectivity index (χ2v) is 7.26. The Labute approximate surface area is 140 Å². The molecule has 118 valence electrons. The second kappa shape index (κ2) is 5.91. The molecule has 1 saturated heterocycles. The maximum atomic E-state index is 4.77. The van der Waals surface area contributed by atoms with Crippen LogP contribution in [0.15, 0.2) is 36.4 Å². The van der Waals surface area contributed by atoms with Gasteiger partial charge in [-0.1, -0.05) is 30.3 Å². The van der Waals surface area contributed by atoms with Crippen molar-refractivity contribution >= 4 is 27.4 Å². The van der Waals surface area contributed by atoms with Crippen LogP contribution in [0.25, 0.3) is 20.7 Å². The topological polar surface area (TPSA) is 33.5 Å². The first-order chi connectivity index (χ1) is 11.2. The van der Waals surface area contributed by atoms with Crippen LogP contribution in [-0.2, 0) is 0 Å². The zero-order valence-corrected chi connectivity index (χ0v) is 14.4. The lowest BCUT2D eigenvalue weighted by atomic mass is 10.2. The van der Waals surface area contributed by atoms with Crippen molar-refractivity contribution in [1.82, 2.24) is 9.97 Å². The molecule has 1 N–H and O–H groups in total. The fraction of sp³-hybridized carbons (Fsp3) is 0.333. The summed E-state index contributed by atoms with van der Waals surface area (Å²) in [4.78, 5) is 15.8. The van der Waals surface area contributed by atoms with Gasteiger partial charge in [-0.3, -0.25) is 0 Å². The Bertz CT molecular complexity index is 820. The average Bonchev–Trinajstić information content (AvgIpc) is 2.99. The minimum absolute atomic E-state index is 0.861. The number of likely N-dealkylation sites (N-methyl/N-ethyl adjacent to an activating group) is 1. The van der Waals surface area contributed by atoms with Gasteiger partial charge in [-0.2, -0.15) is 0 Å². The van der Waals surface area contributed by atoms with E-state index in [9.17, 15) is 0 Å². The van der Waals surface area contributed by atoms with E-state index >= 15 is 0 Å². The quantitative estimate of drug-likeness (QED) is 0.782. The van der Waals surface area contributed by atoms with Gasteiger partial charge in [-0.05, 0) is 18.6 Å². The Morgan fingerprint density at radius 1 is 1.09 bits per heavy atom. The third-order valence-electron chi connectivity index (χ3n) is 4.46. The average molecular weight is 325 g/mol. The molecule has 23 heavy (non-hydrogen) atoms. The molecule has 1 aliphatic heterocycles. The number of piperazine rings is 1. The van der Waals surface area contributed by atoms with Gasteiger partial charge < -0.3 is 9.80 Å². The van der Waals surface area contributed by atoms with E-state index in [1.165, 1.54) is 28.9 Å². The minimum atomic E-state index is 0.861. The number of rotatable bonds is 2. The van der Waals surface area contributed by atoms with E-state index in [-0.39, 0.29) is 0 Å². The lowest BCUT2D eigenvalue weighted by Crippen LogP contribution is -3.12. The molecule has 1 aromatic carbocycles. The molecule has 3 aromatic rings. The van der Waals surface area contributed by atoms with E-state index in [2.05, 4.69) is 53.3 Å². The molecule has 0 unspecified atom stereocenters.